The predicted octanol–water partition coefficient (Wildman–Crippen LogP) is 4.47. The Morgan fingerprint density at radius 3 is 2.38 bits per heavy atom. The molecular formula is C16H10F4N2O2. The zero-order valence-corrected chi connectivity index (χ0v) is 12.0. The normalized spacial score (nSPS) is 11.5. The Hall–Kier alpha value is -2.90. The largest absolute Gasteiger partial charge is 0.484 e. The summed E-state index contributed by atoms with van der Waals surface area (Å²) in [4.78, 5) is 0. The minimum absolute atomic E-state index is 0.00584. The van der Waals surface area contributed by atoms with Crippen molar-refractivity contribution in [2.24, 2.45) is 0 Å². The second kappa shape index (κ2) is 6.31. The number of alkyl halides is 3. The van der Waals surface area contributed by atoms with Gasteiger partial charge < -0.3 is 9.15 Å². The highest BCUT2D eigenvalue weighted by Gasteiger charge is 2.34. The summed E-state index contributed by atoms with van der Waals surface area (Å²) in [7, 11) is 0. The Labute approximate surface area is 133 Å². The molecule has 4 nitrogen and oxygen atoms in total. The maximum Gasteiger partial charge on any atom is 0.417 e. The molecule has 1 aromatic heterocycles. The van der Waals surface area contributed by atoms with Crippen LogP contribution in [-0.2, 0) is 12.8 Å². The molecule has 0 bridgehead atoms. The Balaban J connectivity index is 1.78. The topological polar surface area (TPSA) is 48.2 Å². The minimum Gasteiger partial charge on any atom is -0.484 e. The minimum atomic E-state index is -4.53. The van der Waals surface area contributed by atoms with E-state index in [4.69, 9.17) is 9.15 Å². The van der Waals surface area contributed by atoms with Gasteiger partial charge in [0, 0.05) is 0 Å². The molecule has 0 atom stereocenters. The molecule has 0 aliphatic carbocycles. The van der Waals surface area contributed by atoms with E-state index >= 15 is 0 Å². The van der Waals surface area contributed by atoms with E-state index in [1.165, 1.54) is 42.5 Å². The summed E-state index contributed by atoms with van der Waals surface area (Å²) in [5.74, 6) is -0.287. The molecule has 0 aliphatic heterocycles. The second-order valence-electron chi connectivity index (χ2n) is 4.79. The first-order valence-corrected chi connectivity index (χ1v) is 6.81. The van der Waals surface area contributed by atoms with Crippen molar-refractivity contribution in [1.82, 2.24) is 10.2 Å². The summed E-state index contributed by atoms with van der Waals surface area (Å²) >= 11 is 0. The van der Waals surface area contributed by atoms with E-state index in [1.54, 1.807) is 0 Å². The smallest absolute Gasteiger partial charge is 0.417 e. The maximum atomic E-state index is 13.0. The van der Waals surface area contributed by atoms with Crippen LogP contribution in [-0.4, -0.2) is 10.2 Å². The van der Waals surface area contributed by atoms with E-state index in [2.05, 4.69) is 10.2 Å². The highest BCUT2D eigenvalue weighted by molar-refractivity contribution is 5.59. The predicted molar refractivity (Wildman–Crippen MR) is 75.5 cm³/mol. The van der Waals surface area contributed by atoms with Crippen molar-refractivity contribution in [3.8, 4) is 17.2 Å². The van der Waals surface area contributed by atoms with Crippen molar-refractivity contribution < 1.29 is 26.7 Å². The molecular weight excluding hydrogens is 328 g/mol. The first-order valence-electron chi connectivity index (χ1n) is 6.81. The number of ether oxygens (including phenoxy) is 1. The average molecular weight is 338 g/mol. The van der Waals surface area contributed by atoms with Crippen LogP contribution in [0.3, 0.4) is 0 Å². The van der Waals surface area contributed by atoms with Gasteiger partial charge in [0.25, 0.3) is 5.89 Å². The van der Waals surface area contributed by atoms with Crippen molar-refractivity contribution in [3.63, 3.8) is 0 Å². The Morgan fingerprint density at radius 2 is 1.67 bits per heavy atom. The van der Waals surface area contributed by atoms with Crippen LogP contribution in [0.15, 0.2) is 52.9 Å². The van der Waals surface area contributed by atoms with Gasteiger partial charge in [0.15, 0.2) is 6.61 Å². The van der Waals surface area contributed by atoms with Gasteiger partial charge in [0.1, 0.15) is 11.6 Å². The van der Waals surface area contributed by atoms with Crippen LogP contribution in [0.5, 0.6) is 5.75 Å². The lowest BCUT2D eigenvalue weighted by molar-refractivity contribution is -0.137. The summed E-state index contributed by atoms with van der Waals surface area (Å²) in [6.45, 7) is -0.146. The van der Waals surface area contributed by atoms with Crippen molar-refractivity contribution in [1.29, 1.82) is 0 Å². The molecule has 0 unspecified atom stereocenters. The third-order valence-electron chi connectivity index (χ3n) is 3.11. The molecule has 3 rings (SSSR count). The third kappa shape index (κ3) is 3.53. The van der Waals surface area contributed by atoms with E-state index < -0.39 is 17.6 Å². The summed E-state index contributed by atoms with van der Waals surface area (Å²) in [5, 5.41) is 7.30. The first kappa shape index (κ1) is 16.0. The van der Waals surface area contributed by atoms with Gasteiger partial charge in [0.05, 0.1) is 11.1 Å². The Bertz CT molecular complexity index is 829. The molecule has 3 aromatic rings. The number of rotatable bonds is 4. The molecule has 0 aliphatic rings. The zero-order chi connectivity index (χ0) is 17.2. The van der Waals surface area contributed by atoms with Gasteiger partial charge >= 0.3 is 6.18 Å². The lowest BCUT2D eigenvalue weighted by Crippen LogP contribution is -2.06. The van der Waals surface area contributed by atoms with Crippen LogP contribution in [0.1, 0.15) is 11.5 Å². The number of benzene rings is 2. The van der Waals surface area contributed by atoms with Gasteiger partial charge in [0.2, 0.25) is 5.89 Å². The standard InChI is InChI=1S/C16H10F4N2O2/c17-10-5-7-11(8-6-10)23-9-14-21-22-15(24-14)12-3-1-2-4-13(12)16(18,19)20/h1-8H,9H2. The molecule has 2 aromatic carbocycles. The molecule has 0 radical (unpaired) electrons. The molecule has 124 valence electrons. The number of nitrogens with zero attached hydrogens (tertiary/aromatic N) is 2. The van der Waals surface area contributed by atoms with Crippen LogP contribution in [0.25, 0.3) is 11.5 Å². The van der Waals surface area contributed by atoms with E-state index in [1.807, 2.05) is 0 Å². The molecule has 0 N–H and O–H groups in total. The van der Waals surface area contributed by atoms with Crippen molar-refractivity contribution in [3.05, 3.63) is 65.8 Å². The quantitative estimate of drug-likeness (QED) is 0.659. The molecule has 0 fully saturated rings. The Kier molecular flexibility index (Phi) is 4.20. The van der Waals surface area contributed by atoms with Crippen molar-refractivity contribution in [2.45, 2.75) is 12.8 Å². The van der Waals surface area contributed by atoms with E-state index in [9.17, 15) is 17.6 Å². The van der Waals surface area contributed by atoms with Gasteiger partial charge in [-0.15, -0.1) is 10.2 Å². The van der Waals surface area contributed by atoms with E-state index in [0.717, 1.165) is 6.07 Å². The van der Waals surface area contributed by atoms with Gasteiger partial charge in [-0.2, -0.15) is 13.2 Å². The molecule has 0 saturated carbocycles. The van der Waals surface area contributed by atoms with Crippen molar-refractivity contribution in [2.75, 3.05) is 0 Å². The van der Waals surface area contributed by atoms with Crippen LogP contribution >= 0.6 is 0 Å². The highest BCUT2D eigenvalue weighted by atomic mass is 19.4. The molecule has 0 saturated heterocycles. The van der Waals surface area contributed by atoms with E-state index in [0.29, 0.717) is 5.75 Å². The van der Waals surface area contributed by atoms with Crippen LogP contribution in [0.4, 0.5) is 17.6 Å². The monoisotopic (exact) mass is 338 g/mol. The summed E-state index contributed by atoms with van der Waals surface area (Å²) in [5.41, 5.74) is -1.06. The van der Waals surface area contributed by atoms with Gasteiger partial charge in [-0.25, -0.2) is 4.39 Å². The lowest BCUT2D eigenvalue weighted by Gasteiger charge is -2.09. The fraction of sp³-hybridized carbons (Fsp3) is 0.125. The Morgan fingerprint density at radius 1 is 0.958 bits per heavy atom. The molecule has 0 amide bonds. The van der Waals surface area contributed by atoms with Crippen LogP contribution < -0.4 is 4.74 Å². The van der Waals surface area contributed by atoms with Gasteiger partial charge in [-0.3, -0.25) is 0 Å². The molecule has 0 spiro atoms. The second-order valence-corrected chi connectivity index (χ2v) is 4.79. The van der Waals surface area contributed by atoms with E-state index in [-0.39, 0.29) is 24.0 Å². The SMILES string of the molecule is Fc1ccc(OCc2nnc(-c3ccccc3C(F)(F)F)o2)cc1. The molecule has 1 heterocycles. The number of halogens is 4. The van der Waals surface area contributed by atoms with Crippen LogP contribution in [0, 0.1) is 5.82 Å². The fourth-order valence-electron chi connectivity index (χ4n) is 2.01. The van der Waals surface area contributed by atoms with Gasteiger partial charge in [-0.05, 0) is 36.4 Å². The molecule has 8 heteroatoms. The van der Waals surface area contributed by atoms with Gasteiger partial charge in [-0.1, -0.05) is 12.1 Å². The summed E-state index contributed by atoms with van der Waals surface area (Å²) < 4.78 is 62.3. The maximum absolute atomic E-state index is 13.0. The summed E-state index contributed by atoms with van der Waals surface area (Å²) in [6, 6.07) is 10.2. The number of aromatic nitrogens is 2. The molecule has 24 heavy (non-hydrogen) atoms. The fourth-order valence-corrected chi connectivity index (χ4v) is 2.01. The number of hydrogen-bond acceptors (Lipinski definition) is 4. The zero-order valence-electron chi connectivity index (χ0n) is 12.0. The summed E-state index contributed by atoms with van der Waals surface area (Å²) in [6.07, 6.45) is -4.53. The third-order valence-corrected chi connectivity index (χ3v) is 3.11. The van der Waals surface area contributed by atoms with Crippen LogP contribution in [0.2, 0.25) is 0 Å². The highest BCUT2D eigenvalue weighted by Crippen LogP contribution is 2.36. The lowest BCUT2D eigenvalue weighted by atomic mass is 10.1. The van der Waals surface area contributed by atoms with Crippen molar-refractivity contribution >= 4 is 0 Å². The average Bonchev–Trinajstić information content (AvgIpc) is 3.02. The first-order chi connectivity index (χ1) is 11.4. The number of hydrogen-bond donors (Lipinski definition) is 0.